The summed E-state index contributed by atoms with van der Waals surface area (Å²) in [5.41, 5.74) is 2.63. The number of rotatable bonds is 5. The van der Waals surface area contributed by atoms with E-state index >= 15 is 0 Å². The lowest BCUT2D eigenvalue weighted by atomic mass is 10.1. The van der Waals surface area contributed by atoms with Crippen LogP contribution in [0.5, 0.6) is 5.75 Å². The first kappa shape index (κ1) is 11.1. The molecule has 1 nitrogen and oxygen atoms in total. The molecule has 0 spiro atoms. The standard InChI is InChI=1S/C13H20O/c1-4-5-6-9-14-13-8-7-11(2)12(3)10-13/h7-8,10H,4-6,9H2,1-3H3. The van der Waals surface area contributed by atoms with Crippen molar-refractivity contribution in [3.63, 3.8) is 0 Å². The van der Waals surface area contributed by atoms with Gasteiger partial charge < -0.3 is 4.74 Å². The van der Waals surface area contributed by atoms with E-state index in [4.69, 9.17) is 4.74 Å². The van der Waals surface area contributed by atoms with E-state index in [-0.39, 0.29) is 0 Å². The van der Waals surface area contributed by atoms with E-state index in [9.17, 15) is 0 Å². The molecule has 1 heteroatoms. The Morgan fingerprint density at radius 3 is 2.50 bits per heavy atom. The van der Waals surface area contributed by atoms with Crippen LogP contribution in [0.4, 0.5) is 0 Å². The molecule has 1 aromatic carbocycles. The Hall–Kier alpha value is -0.980. The van der Waals surface area contributed by atoms with Gasteiger partial charge in [0.05, 0.1) is 6.61 Å². The summed E-state index contributed by atoms with van der Waals surface area (Å²) in [6.45, 7) is 7.29. The van der Waals surface area contributed by atoms with Gasteiger partial charge in [-0.05, 0) is 43.5 Å². The van der Waals surface area contributed by atoms with Crippen LogP contribution < -0.4 is 4.74 Å². The molecule has 0 aliphatic rings. The number of hydrogen-bond donors (Lipinski definition) is 0. The summed E-state index contributed by atoms with van der Waals surface area (Å²) >= 11 is 0. The molecule has 0 amide bonds. The summed E-state index contributed by atoms with van der Waals surface area (Å²) in [6.07, 6.45) is 3.66. The first-order chi connectivity index (χ1) is 6.74. The predicted octanol–water partition coefficient (Wildman–Crippen LogP) is 3.87. The van der Waals surface area contributed by atoms with Crippen LogP contribution in [-0.4, -0.2) is 6.61 Å². The Morgan fingerprint density at radius 1 is 1.07 bits per heavy atom. The highest BCUT2D eigenvalue weighted by Gasteiger charge is 1.96. The first-order valence-electron chi connectivity index (χ1n) is 5.44. The zero-order valence-electron chi connectivity index (χ0n) is 9.47. The monoisotopic (exact) mass is 192 g/mol. The third-order valence-electron chi connectivity index (χ3n) is 2.49. The Bertz CT molecular complexity index is 279. The van der Waals surface area contributed by atoms with E-state index in [1.165, 1.54) is 24.0 Å². The van der Waals surface area contributed by atoms with Crippen molar-refractivity contribution in [1.29, 1.82) is 0 Å². The van der Waals surface area contributed by atoms with Gasteiger partial charge in [0.2, 0.25) is 0 Å². The van der Waals surface area contributed by atoms with Crippen molar-refractivity contribution < 1.29 is 4.74 Å². The molecule has 0 N–H and O–H groups in total. The van der Waals surface area contributed by atoms with Gasteiger partial charge in [-0.25, -0.2) is 0 Å². The lowest BCUT2D eigenvalue weighted by Crippen LogP contribution is -1.97. The van der Waals surface area contributed by atoms with Gasteiger partial charge >= 0.3 is 0 Å². The fraction of sp³-hybridized carbons (Fsp3) is 0.538. The van der Waals surface area contributed by atoms with Gasteiger partial charge in [-0.15, -0.1) is 0 Å². The van der Waals surface area contributed by atoms with E-state index in [0.717, 1.165) is 18.8 Å². The molecule has 0 aliphatic heterocycles. The van der Waals surface area contributed by atoms with Crippen LogP contribution >= 0.6 is 0 Å². The average molecular weight is 192 g/mol. The van der Waals surface area contributed by atoms with Crippen molar-refractivity contribution in [2.75, 3.05) is 6.61 Å². The molecule has 0 aliphatic carbocycles. The van der Waals surface area contributed by atoms with Crippen LogP contribution in [-0.2, 0) is 0 Å². The molecule has 78 valence electrons. The van der Waals surface area contributed by atoms with Gasteiger partial charge in [0, 0.05) is 0 Å². The summed E-state index contributed by atoms with van der Waals surface area (Å²) in [5.74, 6) is 1.00. The minimum Gasteiger partial charge on any atom is -0.494 e. The Balaban J connectivity index is 2.39. The number of unbranched alkanes of at least 4 members (excludes halogenated alkanes) is 2. The maximum Gasteiger partial charge on any atom is 0.119 e. The van der Waals surface area contributed by atoms with E-state index in [1.54, 1.807) is 0 Å². The molecule has 0 bridgehead atoms. The van der Waals surface area contributed by atoms with Gasteiger partial charge in [0.15, 0.2) is 0 Å². The highest BCUT2D eigenvalue weighted by molar-refractivity contribution is 5.33. The molecule has 1 aromatic rings. The van der Waals surface area contributed by atoms with Crippen molar-refractivity contribution in [3.05, 3.63) is 29.3 Å². The van der Waals surface area contributed by atoms with E-state index < -0.39 is 0 Å². The maximum absolute atomic E-state index is 5.64. The first-order valence-corrected chi connectivity index (χ1v) is 5.44. The second-order valence-corrected chi connectivity index (χ2v) is 3.80. The zero-order valence-corrected chi connectivity index (χ0v) is 9.47. The molecule has 0 heterocycles. The second-order valence-electron chi connectivity index (χ2n) is 3.80. The zero-order chi connectivity index (χ0) is 10.4. The predicted molar refractivity (Wildman–Crippen MR) is 60.9 cm³/mol. The number of benzene rings is 1. The molecular formula is C13H20O. The minimum absolute atomic E-state index is 0.844. The summed E-state index contributed by atoms with van der Waals surface area (Å²) < 4.78 is 5.64. The summed E-state index contributed by atoms with van der Waals surface area (Å²) in [6, 6.07) is 6.28. The van der Waals surface area contributed by atoms with Gasteiger partial charge in [0.25, 0.3) is 0 Å². The van der Waals surface area contributed by atoms with Crippen molar-refractivity contribution >= 4 is 0 Å². The van der Waals surface area contributed by atoms with Crippen LogP contribution in [0.25, 0.3) is 0 Å². The highest BCUT2D eigenvalue weighted by Crippen LogP contribution is 2.16. The fourth-order valence-electron chi connectivity index (χ4n) is 1.35. The molecule has 0 aromatic heterocycles. The van der Waals surface area contributed by atoms with Crippen LogP contribution in [0.3, 0.4) is 0 Å². The Kier molecular flexibility index (Phi) is 4.51. The van der Waals surface area contributed by atoms with Crippen LogP contribution in [0, 0.1) is 13.8 Å². The van der Waals surface area contributed by atoms with Crippen molar-refractivity contribution in [1.82, 2.24) is 0 Å². The minimum atomic E-state index is 0.844. The molecule has 1 rings (SSSR count). The fourth-order valence-corrected chi connectivity index (χ4v) is 1.35. The van der Waals surface area contributed by atoms with Gasteiger partial charge in [0.1, 0.15) is 5.75 Å². The maximum atomic E-state index is 5.64. The molecule has 14 heavy (non-hydrogen) atoms. The van der Waals surface area contributed by atoms with Gasteiger partial charge in [-0.3, -0.25) is 0 Å². The van der Waals surface area contributed by atoms with Gasteiger partial charge in [-0.2, -0.15) is 0 Å². The van der Waals surface area contributed by atoms with E-state index in [0.29, 0.717) is 0 Å². The van der Waals surface area contributed by atoms with E-state index in [1.807, 2.05) is 6.07 Å². The van der Waals surface area contributed by atoms with Crippen LogP contribution in [0.1, 0.15) is 37.3 Å². The SMILES string of the molecule is CCCCCOc1ccc(C)c(C)c1. The quantitative estimate of drug-likeness (QED) is 0.643. The van der Waals surface area contributed by atoms with Crippen LogP contribution in [0.2, 0.25) is 0 Å². The number of ether oxygens (including phenoxy) is 1. The van der Waals surface area contributed by atoms with Gasteiger partial charge in [-0.1, -0.05) is 25.8 Å². The molecule has 0 unspecified atom stereocenters. The smallest absolute Gasteiger partial charge is 0.119 e. The van der Waals surface area contributed by atoms with Crippen LogP contribution in [0.15, 0.2) is 18.2 Å². The van der Waals surface area contributed by atoms with Crippen molar-refractivity contribution in [3.8, 4) is 5.75 Å². The molecule has 0 saturated carbocycles. The normalized spacial score (nSPS) is 10.2. The van der Waals surface area contributed by atoms with Crippen molar-refractivity contribution in [2.24, 2.45) is 0 Å². The largest absolute Gasteiger partial charge is 0.494 e. The van der Waals surface area contributed by atoms with E-state index in [2.05, 4.69) is 32.9 Å². The number of hydrogen-bond acceptors (Lipinski definition) is 1. The molecule has 0 fully saturated rings. The molecule has 0 radical (unpaired) electrons. The highest BCUT2D eigenvalue weighted by atomic mass is 16.5. The average Bonchev–Trinajstić information content (AvgIpc) is 2.18. The third-order valence-corrected chi connectivity index (χ3v) is 2.49. The summed E-state index contributed by atoms with van der Waals surface area (Å²) in [7, 11) is 0. The molecule has 0 atom stereocenters. The topological polar surface area (TPSA) is 9.23 Å². The van der Waals surface area contributed by atoms with Crippen molar-refractivity contribution in [2.45, 2.75) is 40.0 Å². The Morgan fingerprint density at radius 2 is 1.86 bits per heavy atom. The third kappa shape index (κ3) is 3.41. The lowest BCUT2D eigenvalue weighted by molar-refractivity contribution is 0.306. The summed E-state index contributed by atoms with van der Waals surface area (Å²) in [5, 5.41) is 0. The number of aryl methyl sites for hydroxylation is 2. The second kappa shape index (κ2) is 5.69. The molecular weight excluding hydrogens is 172 g/mol. The summed E-state index contributed by atoms with van der Waals surface area (Å²) in [4.78, 5) is 0. The lowest BCUT2D eigenvalue weighted by Gasteiger charge is -2.07. The Labute approximate surface area is 87.1 Å². The molecule has 0 saturated heterocycles.